The van der Waals surface area contributed by atoms with Crippen LogP contribution < -0.4 is 10.6 Å². The number of anilines is 2. The van der Waals surface area contributed by atoms with Gasteiger partial charge in [0.15, 0.2) is 0 Å². The van der Waals surface area contributed by atoms with E-state index in [1.165, 1.54) is 24.8 Å². The van der Waals surface area contributed by atoms with Crippen LogP contribution in [0.1, 0.15) is 17.3 Å². The van der Waals surface area contributed by atoms with Crippen LogP contribution in [-0.4, -0.2) is 23.0 Å². The van der Waals surface area contributed by atoms with Gasteiger partial charge in [0.05, 0.1) is 9.82 Å². The molecule has 2 N–H and O–H groups in total. The third-order valence-corrected chi connectivity index (χ3v) is 3.89. The molecule has 124 valence electrons. The van der Waals surface area contributed by atoms with Gasteiger partial charge in [-0.15, -0.1) is 11.8 Å². The molecule has 0 saturated heterocycles. The fourth-order valence-electron chi connectivity index (χ4n) is 2.02. The average Bonchev–Trinajstić information content (AvgIpc) is 2.55. The van der Waals surface area contributed by atoms with Gasteiger partial charge in [0, 0.05) is 29.9 Å². The van der Waals surface area contributed by atoms with Gasteiger partial charge in [-0.25, -0.2) is 0 Å². The van der Waals surface area contributed by atoms with Crippen molar-refractivity contribution in [2.45, 2.75) is 11.8 Å². The van der Waals surface area contributed by atoms with Gasteiger partial charge >= 0.3 is 0 Å². The number of carbonyl (C=O) groups excluding carboxylic acids is 2. The molecule has 2 amide bonds. The van der Waals surface area contributed by atoms with E-state index in [9.17, 15) is 19.7 Å². The van der Waals surface area contributed by atoms with Gasteiger partial charge in [0.2, 0.25) is 5.91 Å². The van der Waals surface area contributed by atoms with E-state index in [1.54, 1.807) is 42.7 Å². The second-order valence-corrected chi connectivity index (χ2v) is 5.70. The molecule has 2 aromatic rings. The molecule has 24 heavy (non-hydrogen) atoms. The Balaban J connectivity index is 2.16. The Hall–Kier alpha value is -2.87. The number of hydrogen-bond acceptors (Lipinski definition) is 5. The van der Waals surface area contributed by atoms with Crippen LogP contribution in [0.15, 0.2) is 47.4 Å². The molecule has 8 heteroatoms. The number of nitrogens with one attached hydrogen (secondary N) is 2. The van der Waals surface area contributed by atoms with Gasteiger partial charge in [0.25, 0.3) is 11.6 Å². The molecular weight excluding hydrogens is 330 g/mol. The molecule has 0 radical (unpaired) electrons. The number of nitro benzene ring substituents is 1. The predicted molar refractivity (Wildman–Crippen MR) is 93.6 cm³/mol. The van der Waals surface area contributed by atoms with E-state index in [0.29, 0.717) is 16.3 Å². The summed E-state index contributed by atoms with van der Waals surface area (Å²) in [7, 11) is 0. The molecule has 0 bridgehead atoms. The maximum atomic E-state index is 12.2. The number of rotatable bonds is 5. The standard InChI is InChI=1S/C16H15N3O4S/c1-10(20)17-12-4-6-13(7-5-12)18-16(21)11-3-8-15(24-2)14(9-11)19(22)23/h3-9H,1-2H3,(H,17,20)(H,18,21). The van der Waals surface area contributed by atoms with E-state index >= 15 is 0 Å². The fraction of sp³-hybridized carbons (Fsp3) is 0.125. The molecule has 0 fully saturated rings. The summed E-state index contributed by atoms with van der Waals surface area (Å²) >= 11 is 1.25. The van der Waals surface area contributed by atoms with E-state index in [2.05, 4.69) is 10.6 Å². The second kappa shape index (κ2) is 7.60. The number of benzene rings is 2. The van der Waals surface area contributed by atoms with Crippen LogP contribution in [0.5, 0.6) is 0 Å². The molecule has 0 heterocycles. The minimum absolute atomic E-state index is 0.101. The average molecular weight is 345 g/mol. The zero-order valence-electron chi connectivity index (χ0n) is 13.0. The molecule has 0 aliphatic carbocycles. The molecule has 2 rings (SSSR count). The maximum absolute atomic E-state index is 12.2. The van der Waals surface area contributed by atoms with Gasteiger partial charge in [-0.3, -0.25) is 19.7 Å². The van der Waals surface area contributed by atoms with Crippen LogP contribution in [0.2, 0.25) is 0 Å². The van der Waals surface area contributed by atoms with Crippen LogP contribution in [0.3, 0.4) is 0 Å². The Morgan fingerprint density at radius 1 is 1.04 bits per heavy atom. The summed E-state index contributed by atoms with van der Waals surface area (Å²) in [5, 5.41) is 16.3. The normalized spacial score (nSPS) is 10.1. The van der Waals surface area contributed by atoms with Gasteiger partial charge in [-0.2, -0.15) is 0 Å². The van der Waals surface area contributed by atoms with Gasteiger partial charge in [-0.1, -0.05) is 0 Å². The van der Waals surface area contributed by atoms with E-state index in [1.807, 2.05) is 0 Å². The van der Waals surface area contributed by atoms with Crippen molar-refractivity contribution >= 4 is 40.6 Å². The first-order valence-corrected chi connectivity index (χ1v) is 8.14. The van der Waals surface area contributed by atoms with E-state index in [0.717, 1.165) is 0 Å². The highest BCUT2D eigenvalue weighted by atomic mass is 32.2. The molecule has 0 saturated carbocycles. The highest BCUT2D eigenvalue weighted by molar-refractivity contribution is 7.98. The molecule has 2 aromatic carbocycles. The molecular formula is C16H15N3O4S. The third-order valence-electron chi connectivity index (χ3n) is 3.10. The van der Waals surface area contributed by atoms with Gasteiger partial charge in [0.1, 0.15) is 0 Å². The smallest absolute Gasteiger partial charge is 0.283 e. The van der Waals surface area contributed by atoms with Crippen LogP contribution in [0.25, 0.3) is 0 Å². The molecule has 0 aliphatic heterocycles. The molecule has 0 atom stereocenters. The zero-order chi connectivity index (χ0) is 17.7. The summed E-state index contributed by atoms with van der Waals surface area (Å²) < 4.78 is 0. The predicted octanol–water partition coefficient (Wildman–Crippen LogP) is 3.53. The third kappa shape index (κ3) is 4.32. The summed E-state index contributed by atoms with van der Waals surface area (Å²) in [6.07, 6.45) is 1.73. The molecule has 0 spiro atoms. The van der Waals surface area contributed by atoms with Gasteiger partial charge < -0.3 is 10.6 Å². The first kappa shape index (κ1) is 17.5. The number of carbonyl (C=O) groups is 2. The van der Waals surface area contributed by atoms with Crippen molar-refractivity contribution in [3.63, 3.8) is 0 Å². The summed E-state index contributed by atoms with van der Waals surface area (Å²) in [5.74, 6) is -0.633. The number of hydrogen-bond donors (Lipinski definition) is 2. The van der Waals surface area contributed by atoms with E-state index in [4.69, 9.17) is 0 Å². The van der Waals surface area contributed by atoms with Crippen molar-refractivity contribution in [3.05, 3.63) is 58.1 Å². The lowest BCUT2D eigenvalue weighted by molar-refractivity contribution is -0.387. The van der Waals surface area contributed by atoms with Gasteiger partial charge in [-0.05, 0) is 42.7 Å². The van der Waals surface area contributed by atoms with Crippen molar-refractivity contribution in [1.82, 2.24) is 0 Å². The SMILES string of the molecule is CSc1ccc(C(=O)Nc2ccc(NC(C)=O)cc2)cc1[N+](=O)[O-]. The van der Waals surface area contributed by atoms with Crippen LogP contribution >= 0.6 is 11.8 Å². The Labute approximate surface area is 142 Å². The van der Waals surface area contributed by atoms with E-state index in [-0.39, 0.29) is 17.2 Å². The lowest BCUT2D eigenvalue weighted by Crippen LogP contribution is -2.12. The minimum Gasteiger partial charge on any atom is -0.326 e. The second-order valence-electron chi connectivity index (χ2n) is 4.86. The molecule has 0 aromatic heterocycles. The topological polar surface area (TPSA) is 101 Å². The minimum atomic E-state index is -0.509. The highest BCUT2D eigenvalue weighted by Gasteiger charge is 2.17. The largest absolute Gasteiger partial charge is 0.326 e. The first-order chi connectivity index (χ1) is 11.4. The Kier molecular flexibility index (Phi) is 5.54. The number of amides is 2. The van der Waals surface area contributed by atoms with Crippen molar-refractivity contribution in [1.29, 1.82) is 0 Å². The van der Waals surface area contributed by atoms with E-state index < -0.39 is 10.8 Å². The highest BCUT2D eigenvalue weighted by Crippen LogP contribution is 2.28. The number of nitro groups is 1. The molecule has 7 nitrogen and oxygen atoms in total. The van der Waals surface area contributed by atoms with Crippen molar-refractivity contribution in [2.75, 3.05) is 16.9 Å². The lowest BCUT2D eigenvalue weighted by Gasteiger charge is -2.08. The summed E-state index contributed by atoms with van der Waals surface area (Å²) in [6, 6.07) is 10.9. The summed E-state index contributed by atoms with van der Waals surface area (Å²) in [5.41, 5.74) is 1.23. The van der Waals surface area contributed by atoms with Crippen molar-refractivity contribution in [3.8, 4) is 0 Å². The number of thioether (sulfide) groups is 1. The monoisotopic (exact) mass is 345 g/mol. The van der Waals surface area contributed by atoms with Crippen molar-refractivity contribution in [2.24, 2.45) is 0 Å². The van der Waals surface area contributed by atoms with Crippen LogP contribution in [0, 0.1) is 10.1 Å². The number of nitrogens with zero attached hydrogens (tertiary/aromatic N) is 1. The summed E-state index contributed by atoms with van der Waals surface area (Å²) in [4.78, 5) is 34.3. The zero-order valence-corrected chi connectivity index (χ0v) is 13.8. The lowest BCUT2D eigenvalue weighted by atomic mass is 10.2. The maximum Gasteiger partial charge on any atom is 0.283 e. The molecule has 0 unspecified atom stereocenters. The Morgan fingerprint density at radius 2 is 1.62 bits per heavy atom. The summed E-state index contributed by atoms with van der Waals surface area (Å²) in [6.45, 7) is 1.40. The quantitative estimate of drug-likeness (QED) is 0.490. The van der Waals surface area contributed by atoms with Crippen LogP contribution in [-0.2, 0) is 4.79 Å². The van der Waals surface area contributed by atoms with Crippen LogP contribution in [0.4, 0.5) is 17.1 Å². The fourth-order valence-corrected chi connectivity index (χ4v) is 2.56. The Bertz CT molecular complexity index is 790. The first-order valence-electron chi connectivity index (χ1n) is 6.92. The van der Waals surface area contributed by atoms with Crippen molar-refractivity contribution < 1.29 is 14.5 Å². The molecule has 0 aliphatic rings. The Morgan fingerprint density at radius 3 is 2.12 bits per heavy atom.